The summed E-state index contributed by atoms with van der Waals surface area (Å²) in [5.41, 5.74) is 7.66. The Kier molecular flexibility index (Phi) is 3.32. The van der Waals surface area contributed by atoms with Gasteiger partial charge in [-0.2, -0.15) is 0 Å². The Hall–Kier alpha value is -2.67. The lowest BCUT2D eigenvalue weighted by Crippen LogP contribution is -2.16. The maximum absolute atomic E-state index is 4.95. The Bertz CT molecular complexity index is 784. The van der Waals surface area contributed by atoms with Crippen LogP contribution in [0.3, 0.4) is 0 Å². The summed E-state index contributed by atoms with van der Waals surface area (Å²) in [5.74, 6) is 0. The maximum Gasteiger partial charge on any atom is 0.0728 e. The van der Waals surface area contributed by atoms with Crippen LogP contribution in [0.2, 0.25) is 0 Å². The fourth-order valence-corrected chi connectivity index (χ4v) is 3.09. The average Bonchev–Trinajstić information content (AvgIpc) is 2.59. The van der Waals surface area contributed by atoms with Crippen LogP contribution < -0.4 is 0 Å². The second-order valence-corrected chi connectivity index (χ2v) is 5.64. The lowest BCUT2D eigenvalue weighted by molar-refractivity contribution is 1.05. The number of fused-ring (bicyclic) bond motifs is 2. The van der Waals surface area contributed by atoms with Crippen molar-refractivity contribution in [2.75, 3.05) is 0 Å². The van der Waals surface area contributed by atoms with Gasteiger partial charge in [-0.05, 0) is 23.1 Å². The molecule has 0 heterocycles. The monoisotopic (exact) mass is 283 g/mol. The van der Waals surface area contributed by atoms with Crippen LogP contribution >= 0.6 is 0 Å². The van der Waals surface area contributed by atoms with E-state index in [1.54, 1.807) is 0 Å². The fraction of sp³-hybridized carbons (Fsp3) is 0.0952. The molecule has 22 heavy (non-hydrogen) atoms. The number of rotatable bonds is 2. The predicted molar refractivity (Wildman–Crippen MR) is 91.5 cm³/mol. The molecule has 0 N–H and O–H groups in total. The molecular formula is C21H17N. The molecule has 1 aliphatic rings. The summed E-state index contributed by atoms with van der Waals surface area (Å²) >= 11 is 0. The minimum absolute atomic E-state index is 0.721. The van der Waals surface area contributed by atoms with Crippen molar-refractivity contribution in [3.05, 3.63) is 107 Å². The van der Waals surface area contributed by atoms with Gasteiger partial charge >= 0.3 is 0 Å². The molecule has 3 aromatic rings. The first kappa shape index (κ1) is 13.0. The zero-order valence-corrected chi connectivity index (χ0v) is 12.4. The van der Waals surface area contributed by atoms with Gasteiger partial charge < -0.3 is 0 Å². The standard InChI is InChI=1S/C21H17N/c1-2-8-16(9-3-1)15-22-21-19-12-6-4-10-17(19)14-18-11-5-7-13-20(18)21/h1-13H,14-15H2. The first-order chi connectivity index (χ1) is 10.9. The van der Waals surface area contributed by atoms with Crippen LogP contribution in [0.25, 0.3) is 0 Å². The fourth-order valence-electron chi connectivity index (χ4n) is 3.09. The quantitative estimate of drug-likeness (QED) is 0.508. The van der Waals surface area contributed by atoms with Crippen molar-refractivity contribution in [2.24, 2.45) is 4.99 Å². The molecule has 1 heteroatoms. The number of benzene rings is 3. The van der Waals surface area contributed by atoms with Gasteiger partial charge in [-0.1, -0.05) is 78.9 Å². The van der Waals surface area contributed by atoms with Crippen molar-refractivity contribution in [3.8, 4) is 0 Å². The molecule has 0 saturated heterocycles. The number of hydrogen-bond donors (Lipinski definition) is 0. The van der Waals surface area contributed by atoms with Gasteiger partial charge in [0.15, 0.2) is 0 Å². The van der Waals surface area contributed by atoms with E-state index in [0.717, 1.165) is 18.7 Å². The van der Waals surface area contributed by atoms with Crippen LogP contribution in [0.4, 0.5) is 0 Å². The molecule has 0 fully saturated rings. The van der Waals surface area contributed by atoms with Crippen LogP contribution in [-0.2, 0) is 13.0 Å². The van der Waals surface area contributed by atoms with Gasteiger partial charge in [0, 0.05) is 11.1 Å². The SMILES string of the molecule is c1ccc(CN=C2c3ccccc3Cc3ccccc32)cc1. The summed E-state index contributed by atoms with van der Waals surface area (Å²) in [6, 6.07) is 27.7. The van der Waals surface area contributed by atoms with Gasteiger partial charge in [-0.15, -0.1) is 0 Å². The summed E-state index contributed by atoms with van der Waals surface area (Å²) in [4.78, 5) is 4.95. The zero-order chi connectivity index (χ0) is 14.8. The molecule has 0 bridgehead atoms. The third kappa shape index (κ3) is 2.35. The van der Waals surface area contributed by atoms with E-state index in [1.807, 2.05) is 6.07 Å². The molecule has 0 aliphatic heterocycles. The molecule has 0 unspecified atom stereocenters. The summed E-state index contributed by atoms with van der Waals surface area (Å²) < 4.78 is 0. The molecule has 0 radical (unpaired) electrons. The van der Waals surface area contributed by atoms with Crippen molar-refractivity contribution >= 4 is 5.71 Å². The van der Waals surface area contributed by atoms with Crippen molar-refractivity contribution in [1.82, 2.24) is 0 Å². The predicted octanol–water partition coefficient (Wildman–Crippen LogP) is 4.63. The molecule has 1 aliphatic carbocycles. The minimum atomic E-state index is 0.721. The van der Waals surface area contributed by atoms with Gasteiger partial charge in [0.25, 0.3) is 0 Å². The van der Waals surface area contributed by atoms with Crippen molar-refractivity contribution < 1.29 is 0 Å². The van der Waals surface area contributed by atoms with Crippen LogP contribution in [0.5, 0.6) is 0 Å². The van der Waals surface area contributed by atoms with E-state index in [0.29, 0.717) is 0 Å². The Labute approximate surface area is 131 Å². The number of hydrogen-bond acceptors (Lipinski definition) is 1. The van der Waals surface area contributed by atoms with E-state index in [9.17, 15) is 0 Å². The summed E-state index contributed by atoms with van der Waals surface area (Å²) in [7, 11) is 0. The smallest absolute Gasteiger partial charge is 0.0728 e. The average molecular weight is 283 g/mol. The Balaban J connectivity index is 1.81. The molecule has 1 nitrogen and oxygen atoms in total. The highest BCUT2D eigenvalue weighted by atomic mass is 14.7. The van der Waals surface area contributed by atoms with Crippen LogP contribution in [0, 0.1) is 0 Å². The van der Waals surface area contributed by atoms with Crippen LogP contribution in [-0.4, -0.2) is 5.71 Å². The molecule has 106 valence electrons. The van der Waals surface area contributed by atoms with E-state index in [2.05, 4.69) is 72.8 Å². The third-order valence-electron chi connectivity index (χ3n) is 4.19. The van der Waals surface area contributed by atoms with Gasteiger partial charge in [0.05, 0.1) is 12.3 Å². The number of nitrogens with zero attached hydrogens (tertiary/aromatic N) is 1. The lowest BCUT2D eigenvalue weighted by Gasteiger charge is -2.21. The minimum Gasteiger partial charge on any atom is -0.279 e. The van der Waals surface area contributed by atoms with Crippen molar-refractivity contribution in [1.29, 1.82) is 0 Å². The van der Waals surface area contributed by atoms with Gasteiger partial charge in [0.1, 0.15) is 0 Å². The van der Waals surface area contributed by atoms with Gasteiger partial charge in [0.2, 0.25) is 0 Å². The molecule has 0 amide bonds. The van der Waals surface area contributed by atoms with E-state index in [1.165, 1.54) is 27.8 Å². The Morgan fingerprint density at radius 1 is 0.636 bits per heavy atom. The van der Waals surface area contributed by atoms with E-state index >= 15 is 0 Å². The zero-order valence-electron chi connectivity index (χ0n) is 12.4. The summed E-state index contributed by atoms with van der Waals surface area (Å²) in [5, 5.41) is 0. The first-order valence-electron chi connectivity index (χ1n) is 7.67. The van der Waals surface area contributed by atoms with Crippen LogP contribution in [0.1, 0.15) is 27.8 Å². The summed E-state index contributed by atoms with van der Waals surface area (Å²) in [6.45, 7) is 0.721. The molecule has 0 atom stereocenters. The normalized spacial score (nSPS) is 12.5. The highest BCUT2D eigenvalue weighted by molar-refractivity contribution is 6.15. The lowest BCUT2D eigenvalue weighted by atomic mass is 9.84. The first-order valence-corrected chi connectivity index (χ1v) is 7.67. The highest BCUT2D eigenvalue weighted by Crippen LogP contribution is 2.27. The second-order valence-electron chi connectivity index (χ2n) is 5.64. The number of aliphatic imine (C=N–C) groups is 1. The second kappa shape index (κ2) is 5.61. The molecule has 0 saturated carbocycles. The Morgan fingerprint density at radius 3 is 1.82 bits per heavy atom. The van der Waals surface area contributed by atoms with Gasteiger partial charge in [-0.25, -0.2) is 0 Å². The van der Waals surface area contributed by atoms with Crippen molar-refractivity contribution in [3.63, 3.8) is 0 Å². The van der Waals surface area contributed by atoms with E-state index in [-0.39, 0.29) is 0 Å². The molecule has 0 spiro atoms. The van der Waals surface area contributed by atoms with Gasteiger partial charge in [-0.3, -0.25) is 4.99 Å². The molecule has 4 rings (SSSR count). The molecular weight excluding hydrogens is 266 g/mol. The van der Waals surface area contributed by atoms with Crippen LogP contribution in [0.15, 0.2) is 83.9 Å². The van der Waals surface area contributed by atoms with E-state index < -0.39 is 0 Å². The highest BCUT2D eigenvalue weighted by Gasteiger charge is 2.20. The van der Waals surface area contributed by atoms with Crippen molar-refractivity contribution in [2.45, 2.75) is 13.0 Å². The van der Waals surface area contributed by atoms with E-state index in [4.69, 9.17) is 4.99 Å². The molecule has 3 aromatic carbocycles. The summed E-state index contributed by atoms with van der Waals surface area (Å²) in [6.07, 6.45) is 0.997. The Morgan fingerprint density at radius 2 is 1.18 bits per heavy atom. The molecule has 0 aromatic heterocycles. The largest absolute Gasteiger partial charge is 0.279 e. The topological polar surface area (TPSA) is 12.4 Å². The third-order valence-corrected chi connectivity index (χ3v) is 4.19. The maximum atomic E-state index is 4.95.